The molecule has 84 valence electrons. The van der Waals surface area contributed by atoms with Gasteiger partial charge in [0.1, 0.15) is 5.69 Å². The second-order valence-corrected chi connectivity index (χ2v) is 2.73. The normalized spacial score (nSPS) is 10.2. The van der Waals surface area contributed by atoms with Gasteiger partial charge >= 0.3 is 6.18 Å². The van der Waals surface area contributed by atoms with Gasteiger partial charge in [-0.15, -0.1) is 0 Å². The molecule has 1 aromatic rings. The summed E-state index contributed by atoms with van der Waals surface area (Å²) in [6, 6.07) is 2.41. The Hall–Kier alpha value is -1.59. The molecular weight excluding hydrogens is 209 g/mol. The molecule has 1 rings (SSSR count). The third kappa shape index (κ3) is 4.44. The van der Waals surface area contributed by atoms with Crippen molar-refractivity contribution in [1.29, 1.82) is 0 Å². The fourth-order valence-corrected chi connectivity index (χ4v) is 0.789. The number of amides is 1. The number of primary amides is 1. The second-order valence-electron chi connectivity index (χ2n) is 2.73. The molecule has 0 radical (unpaired) electrons. The maximum absolute atomic E-state index is 12.0. The SMILES string of the molecule is Cc1ccc(C(F)(F)F)nc1C.NC=O. The lowest BCUT2D eigenvalue weighted by Gasteiger charge is -2.06. The minimum absolute atomic E-state index is 0.250. The Kier molecular flexibility index (Phi) is 4.77. The monoisotopic (exact) mass is 220 g/mol. The average molecular weight is 220 g/mol. The van der Waals surface area contributed by atoms with Crippen LogP contribution in [0.3, 0.4) is 0 Å². The van der Waals surface area contributed by atoms with E-state index in [-0.39, 0.29) is 6.41 Å². The summed E-state index contributed by atoms with van der Waals surface area (Å²) in [6.45, 7) is 3.28. The van der Waals surface area contributed by atoms with Crippen LogP contribution in [-0.2, 0) is 11.0 Å². The number of rotatable bonds is 0. The Morgan fingerprint density at radius 2 is 1.80 bits per heavy atom. The Morgan fingerprint density at radius 1 is 1.33 bits per heavy atom. The Labute approximate surface area is 85.1 Å². The third-order valence-electron chi connectivity index (χ3n) is 1.64. The van der Waals surface area contributed by atoms with Crippen LogP contribution in [0.25, 0.3) is 0 Å². The van der Waals surface area contributed by atoms with Crippen molar-refractivity contribution in [1.82, 2.24) is 4.98 Å². The maximum Gasteiger partial charge on any atom is 0.433 e. The van der Waals surface area contributed by atoms with Crippen molar-refractivity contribution in [3.63, 3.8) is 0 Å². The molecule has 0 aliphatic rings. The number of alkyl halides is 3. The van der Waals surface area contributed by atoms with Crippen molar-refractivity contribution in [2.75, 3.05) is 0 Å². The van der Waals surface area contributed by atoms with E-state index >= 15 is 0 Å². The molecule has 0 fully saturated rings. The number of aromatic nitrogens is 1. The molecule has 1 amide bonds. The zero-order valence-electron chi connectivity index (χ0n) is 8.30. The number of nitrogens with two attached hydrogens (primary N) is 1. The van der Waals surface area contributed by atoms with Gasteiger partial charge in [-0.05, 0) is 25.5 Å². The third-order valence-corrected chi connectivity index (χ3v) is 1.64. The summed E-state index contributed by atoms with van der Waals surface area (Å²) in [7, 11) is 0. The number of halogens is 3. The lowest BCUT2D eigenvalue weighted by molar-refractivity contribution is -0.141. The molecule has 0 aliphatic carbocycles. The Balaban J connectivity index is 0.000000583. The molecular formula is C9H11F3N2O. The van der Waals surface area contributed by atoms with Gasteiger partial charge in [0.2, 0.25) is 6.41 Å². The van der Waals surface area contributed by atoms with Crippen LogP contribution in [0.4, 0.5) is 13.2 Å². The number of aryl methyl sites for hydroxylation is 2. The molecule has 1 aromatic heterocycles. The van der Waals surface area contributed by atoms with Crippen LogP contribution >= 0.6 is 0 Å². The van der Waals surface area contributed by atoms with Crippen LogP contribution in [0.15, 0.2) is 12.1 Å². The highest BCUT2D eigenvalue weighted by Crippen LogP contribution is 2.27. The van der Waals surface area contributed by atoms with Gasteiger partial charge in [-0.1, -0.05) is 6.07 Å². The summed E-state index contributed by atoms with van der Waals surface area (Å²) in [5, 5.41) is 0. The molecule has 6 heteroatoms. The van der Waals surface area contributed by atoms with Crippen LogP contribution in [0.1, 0.15) is 17.0 Å². The number of hydrogen-bond acceptors (Lipinski definition) is 2. The zero-order valence-corrected chi connectivity index (χ0v) is 8.30. The Bertz CT molecular complexity index is 337. The lowest BCUT2D eigenvalue weighted by atomic mass is 10.2. The number of nitrogens with zero attached hydrogens (tertiary/aromatic N) is 1. The van der Waals surface area contributed by atoms with Gasteiger partial charge in [0.25, 0.3) is 0 Å². The van der Waals surface area contributed by atoms with Gasteiger partial charge < -0.3 is 5.73 Å². The van der Waals surface area contributed by atoms with E-state index in [0.717, 1.165) is 11.6 Å². The first-order valence-corrected chi connectivity index (χ1v) is 3.99. The smallest absolute Gasteiger partial charge is 0.372 e. The van der Waals surface area contributed by atoms with E-state index < -0.39 is 11.9 Å². The summed E-state index contributed by atoms with van der Waals surface area (Å²) >= 11 is 0. The minimum Gasteiger partial charge on any atom is -0.372 e. The number of carbonyl (C=O) groups excluding carboxylic acids is 1. The molecule has 0 aliphatic heterocycles. The number of carbonyl (C=O) groups is 1. The van der Waals surface area contributed by atoms with Crippen LogP contribution in [0.2, 0.25) is 0 Å². The van der Waals surface area contributed by atoms with Gasteiger partial charge in [-0.3, -0.25) is 4.79 Å². The van der Waals surface area contributed by atoms with Crippen molar-refractivity contribution in [3.8, 4) is 0 Å². The molecule has 15 heavy (non-hydrogen) atoms. The summed E-state index contributed by atoms with van der Waals surface area (Å²) in [5.74, 6) is 0. The highest BCUT2D eigenvalue weighted by molar-refractivity contribution is 5.42. The topological polar surface area (TPSA) is 56.0 Å². The fraction of sp³-hybridized carbons (Fsp3) is 0.333. The average Bonchev–Trinajstić information content (AvgIpc) is 2.09. The standard InChI is InChI=1S/C8H8F3N.CH3NO/c1-5-3-4-7(8(9,10)11)12-6(5)2;2-1-3/h3-4H,1-2H3;1H,(H2,2,3). The molecule has 3 nitrogen and oxygen atoms in total. The van der Waals surface area contributed by atoms with E-state index in [9.17, 15) is 13.2 Å². The van der Waals surface area contributed by atoms with Crippen molar-refractivity contribution in [3.05, 3.63) is 29.1 Å². The largest absolute Gasteiger partial charge is 0.433 e. The summed E-state index contributed by atoms with van der Waals surface area (Å²) in [5.41, 5.74) is 4.53. The number of hydrogen-bond donors (Lipinski definition) is 1. The van der Waals surface area contributed by atoms with Crippen molar-refractivity contribution in [2.24, 2.45) is 5.73 Å². The molecule has 0 bridgehead atoms. The number of pyridine rings is 1. The first kappa shape index (κ1) is 13.4. The van der Waals surface area contributed by atoms with Gasteiger partial charge in [-0.25, -0.2) is 4.98 Å². The molecule has 0 spiro atoms. The maximum atomic E-state index is 12.0. The first-order chi connectivity index (χ1) is 6.82. The summed E-state index contributed by atoms with van der Waals surface area (Å²) < 4.78 is 36.1. The predicted octanol–water partition coefficient (Wildman–Crippen LogP) is 1.82. The highest BCUT2D eigenvalue weighted by Gasteiger charge is 2.32. The first-order valence-electron chi connectivity index (χ1n) is 3.99. The summed E-state index contributed by atoms with van der Waals surface area (Å²) in [4.78, 5) is 12.0. The van der Waals surface area contributed by atoms with Crippen molar-refractivity contribution in [2.45, 2.75) is 20.0 Å². The van der Waals surface area contributed by atoms with E-state index in [1.807, 2.05) is 0 Å². The zero-order chi connectivity index (χ0) is 12.1. The summed E-state index contributed by atoms with van der Waals surface area (Å²) in [6.07, 6.45) is -4.08. The van der Waals surface area contributed by atoms with Crippen LogP contribution in [0, 0.1) is 13.8 Å². The van der Waals surface area contributed by atoms with Crippen molar-refractivity contribution >= 4 is 6.41 Å². The highest BCUT2D eigenvalue weighted by atomic mass is 19.4. The van der Waals surface area contributed by atoms with E-state index in [0.29, 0.717) is 5.69 Å². The molecule has 0 unspecified atom stereocenters. The van der Waals surface area contributed by atoms with Crippen molar-refractivity contribution < 1.29 is 18.0 Å². The van der Waals surface area contributed by atoms with Gasteiger partial charge in [-0.2, -0.15) is 13.2 Å². The fourth-order valence-electron chi connectivity index (χ4n) is 0.789. The van der Waals surface area contributed by atoms with E-state index in [2.05, 4.69) is 10.7 Å². The predicted molar refractivity (Wildman–Crippen MR) is 49.0 cm³/mol. The molecule has 0 saturated carbocycles. The van der Waals surface area contributed by atoms with Gasteiger partial charge in [0.05, 0.1) is 0 Å². The molecule has 0 atom stereocenters. The van der Waals surface area contributed by atoms with Crippen LogP contribution in [-0.4, -0.2) is 11.4 Å². The quantitative estimate of drug-likeness (QED) is 0.678. The van der Waals surface area contributed by atoms with Gasteiger partial charge in [0.15, 0.2) is 0 Å². The Morgan fingerprint density at radius 3 is 2.13 bits per heavy atom. The molecule has 1 heterocycles. The second kappa shape index (κ2) is 5.33. The van der Waals surface area contributed by atoms with E-state index in [1.54, 1.807) is 13.8 Å². The van der Waals surface area contributed by atoms with E-state index in [4.69, 9.17) is 4.79 Å². The molecule has 0 aromatic carbocycles. The molecule has 0 saturated heterocycles. The van der Waals surface area contributed by atoms with Crippen LogP contribution in [0.5, 0.6) is 0 Å². The molecule has 2 N–H and O–H groups in total. The lowest BCUT2D eigenvalue weighted by Crippen LogP contribution is -2.08. The van der Waals surface area contributed by atoms with Gasteiger partial charge in [0, 0.05) is 5.69 Å². The van der Waals surface area contributed by atoms with E-state index in [1.165, 1.54) is 6.07 Å². The van der Waals surface area contributed by atoms with Crippen LogP contribution < -0.4 is 5.73 Å². The minimum atomic E-state index is -4.33.